The molecule has 1 N–H and O–H groups in total. The van der Waals surface area contributed by atoms with Crippen molar-refractivity contribution in [3.63, 3.8) is 0 Å². The van der Waals surface area contributed by atoms with Crippen LogP contribution in [0.2, 0.25) is 0 Å². The molecule has 0 aliphatic rings. The maximum atomic E-state index is 10.6. The molecule has 2 aromatic carbocycles. The summed E-state index contributed by atoms with van der Waals surface area (Å²) in [6.07, 6.45) is 0. The average Bonchev–Trinajstić information content (AvgIpc) is 2.54. The molecule has 6 nitrogen and oxygen atoms in total. The molecule has 122 valence electrons. The Bertz CT molecular complexity index is 688. The van der Waals surface area contributed by atoms with Gasteiger partial charge >= 0.3 is 0 Å². The van der Waals surface area contributed by atoms with E-state index in [1.807, 2.05) is 6.92 Å². The van der Waals surface area contributed by atoms with E-state index in [9.17, 15) is 15.2 Å². The van der Waals surface area contributed by atoms with Crippen LogP contribution in [0.5, 0.6) is 11.5 Å². The Kier molecular flexibility index (Phi) is 5.95. The van der Waals surface area contributed by atoms with E-state index in [-0.39, 0.29) is 18.9 Å². The summed E-state index contributed by atoms with van der Waals surface area (Å²) >= 11 is 3.41. The van der Waals surface area contributed by atoms with Gasteiger partial charge in [0.15, 0.2) is 11.5 Å². The highest BCUT2D eigenvalue weighted by Crippen LogP contribution is 2.37. The first-order valence-electron chi connectivity index (χ1n) is 6.97. The molecule has 2 rings (SSSR count). The average molecular weight is 382 g/mol. The van der Waals surface area contributed by atoms with Crippen LogP contribution in [0.4, 0.5) is 5.69 Å². The summed E-state index contributed by atoms with van der Waals surface area (Å²) < 4.78 is 12.0. The van der Waals surface area contributed by atoms with Crippen LogP contribution in [-0.4, -0.2) is 16.6 Å². The van der Waals surface area contributed by atoms with Gasteiger partial charge in [0.25, 0.3) is 5.69 Å². The number of aliphatic hydroxyl groups excluding tert-OH is 1. The standard InChI is InChI=1S/C16H16BrNO5/c1-2-22-15-8-12(9-19)7-14(17)16(15)23-10-11-3-5-13(6-4-11)18(20)21/h3-8,19H,2,9-10H2,1H3. The van der Waals surface area contributed by atoms with Crippen molar-refractivity contribution in [1.82, 2.24) is 0 Å². The zero-order valence-electron chi connectivity index (χ0n) is 12.5. The van der Waals surface area contributed by atoms with E-state index in [2.05, 4.69) is 15.9 Å². The lowest BCUT2D eigenvalue weighted by atomic mass is 10.2. The van der Waals surface area contributed by atoms with Crippen molar-refractivity contribution in [2.75, 3.05) is 6.61 Å². The molecule has 0 aliphatic carbocycles. The molecule has 0 aromatic heterocycles. The highest BCUT2D eigenvalue weighted by atomic mass is 79.9. The number of nitro benzene ring substituents is 1. The van der Waals surface area contributed by atoms with Crippen LogP contribution in [0.3, 0.4) is 0 Å². The number of aliphatic hydroxyl groups is 1. The predicted molar refractivity (Wildman–Crippen MR) is 88.7 cm³/mol. The predicted octanol–water partition coefficient (Wildman–Crippen LogP) is 3.83. The second-order valence-electron chi connectivity index (χ2n) is 4.71. The number of halogens is 1. The van der Waals surface area contributed by atoms with Gasteiger partial charge in [0.05, 0.1) is 22.6 Å². The zero-order chi connectivity index (χ0) is 16.8. The molecule has 0 heterocycles. The maximum Gasteiger partial charge on any atom is 0.269 e. The Morgan fingerprint density at radius 2 is 1.87 bits per heavy atom. The third kappa shape index (κ3) is 4.43. The largest absolute Gasteiger partial charge is 0.490 e. The number of nitrogens with zero attached hydrogens (tertiary/aromatic N) is 1. The molecule has 0 radical (unpaired) electrons. The Morgan fingerprint density at radius 1 is 1.17 bits per heavy atom. The van der Waals surface area contributed by atoms with Crippen LogP contribution in [0.1, 0.15) is 18.1 Å². The number of hydrogen-bond acceptors (Lipinski definition) is 5. The number of ether oxygens (including phenoxy) is 2. The van der Waals surface area contributed by atoms with Crippen molar-refractivity contribution in [3.05, 3.63) is 62.1 Å². The molecule has 23 heavy (non-hydrogen) atoms. The van der Waals surface area contributed by atoms with Crippen molar-refractivity contribution in [2.24, 2.45) is 0 Å². The van der Waals surface area contributed by atoms with E-state index in [0.717, 1.165) is 5.56 Å². The second-order valence-corrected chi connectivity index (χ2v) is 5.56. The smallest absolute Gasteiger partial charge is 0.269 e. The maximum absolute atomic E-state index is 10.6. The van der Waals surface area contributed by atoms with E-state index in [1.165, 1.54) is 12.1 Å². The molecule has 0 unspecified atom stereocenters. The van der Waals surface area contributed by atoms with Gasteiger partial charge in [-0.05, 0) is 58.2 Å². The van der Waals surface area contributed by atoms with E-state index in [4.69, 9.17) is 9.47 Å². The molecule has 0 atom stereocenters. The molecule has 0 amide bonds. The molecule has 2 aromatic rings. The first-order chi connectivity index (χ1) is 11.0. The summed E-state index contributed by atoms with van der Waals surface area (Å²) in [6, 6.07) is 9.65. The van der Waals surface area contributed by atoms with Crippen molar-refractivity contribution < 1.29 is 19.5 Å². The SMILES string of the molecule is CCOc1cc(CO)cc(Br)c1OCc1ccc([N+](=O)[O-])cc1. The fourth-order valence-electron chi connectivity index (χ4n) is 1.99. The van der Waals surface area contributed by atoms with Crippen LogP contribution >= 0.6 is 15.9 Å². The van der Waals surface area contributed by atoms with Gasteiger partial charge in [-0.2, -0.15) is 0 Å². The van der Waals surface area contributed by atoms with E-state index >= 15 is 0 Å². The third-order valence-electron chi connectivity index (χ3n) is 3.08. The van der Waals surface area contributed by atoms with Crippen LogP contribution in [0, 0.1) is 10.1 Å². The van der Waals surface area contributed by atoms with Gasteiger partial charge in [-0.3, -0.25) is 10.1 Å². The molecular weight excluding hydrogens is 366 g/mol. The third-order valence-corrected chi connectivity index (χ3v) is 3.67. The number of nitro groups is 1. The summed E-state index contributed by atoms with van der Waals surface area (Å²) in [7, 11) is 0. The van der Waals surface area contributed by atoms with Crippen molar-refractivity contribution in [1.29, 1.82) is 0 Å². The van der Waals surface area contributed by atoms with Gasteiger partial charge in [0.1, 0.15) is 6.61 Å². The highest BCUT2D eigenvalue weighted by Gasteiger charge is 2.13. The molecule has 0 saturated carbocycles. The summed E-state index contributed by atoms with van der Waals surface area (Å²) in [5.41, 5.74) is 1.55. The van der Waals surface area contributed by atoms with Crippen LogP contribution < -0.4 is 9.47 Å². The Labute approximate surface area is 141 Å². The van der Waals surface area contributed by atoms with Crippen molar-refractivity contribution >= 4 is 21.6 Å². The molecule has 0 spiro atoms. The molecule has 0 saturated heterocycles. The van der Waals surface area contributed by atoms with Crippen molar-refractivity contribution in [3.8, 4) is 11.5 Å². The lowest BCUT2D eigenvalue weighted by Gasteiger charge is -2.15. The van der Waals surface area contributed by atoms with Gasteiger partial charge in [-0.1, -0.05) is 0 Å². The van der Waals surface area contributed by atoms with Crippen molar-refractivity contribution in [2.45, 2.75) is 20.1 Å². The number of non-ortho nitro benzene ring substituents is 1. The fraction of sp³-hybridized carbons (Fsp3) is 0.250. The minimum atomic E-state index is -0.442. The van der Waals surface area contributed by atoms with Crippen LogP contribution in [0.15, 0.2) is 40.9 Å². The topological polar surface area (TPSA) is 81.8 Å². The highest BCUT2D eigenvalue weighted by molar-refractivity contribution is 9.10. The van der Waals surface area contributed by atoms with Gasteiger partial charge in [-0.25, -0.2) is 0 Å². The number of rotatable bonds is 7. The first-order valence-corrected chi connectivity index (χ1v) is 7.76. The minimum absolute atomic E-state index is 0.0391. The van der Waals surface area contributed by atoms with E-state index in [0.29, 0.717) is 28.1 Å². The minimum Gasteiger partial charge on any atom is -0.490 e. The molecule has 7 heteroatoms. The Balaban J connectivity index is 2.17. The zero-order valence-corrected chi connectivity index (χ0v) is 14.1. The summed E-state index contributed by atoms with van der Waals surface area (Å²) in [4.78, 5) is 10.2. The van der Waals surface area contributed by atoms with Crippen LogP contribution in [-0.2, 0) is 13.2 Å². The summed E-state index contributed by atoms with van der Waals surface area (Å²) in [5, 5.41) is 19.9. The molecule has 0 fully saturated rings. The van der Waals surface area contributed by atoms with Crippen LogP contribution in [0.25, 0.3) is 0 Å². The lowest BCUT2D eigenvalue weighted by molar-refractivity contribution is -0.384. The Hall–Kier alpha value is -2.12. The fourth-order valence-corrected chi connectivity index (χ4v) is 2.59. The second kappa shape index (κ2) is 7.94. The molecule has 0 bridgehead atoms. The molecule has 0 aliphatic heterocycles. The van der Waals surface area contributed by atoms with Gasteiger partial charge in [0.2, 0.25) is 0 Å². The van der Waals surface area contributed by atoms with Gasteiger partial charge in [-0.15, -0.1) is 0 Å². The monoisotopic (exact) mass is 381 g/mol. The number of hydrogen-bond donors (Lipinski definition) is 1. The quantitative estimate of drug-likeness (QED) is 0.582. The van der Waals surface area contributed by atoms with Gasteiger partial charge < -0.3 is 14.6 Å². The summed E-state index contributed by atoms with van der Waals surface area (Å²) in [6.45, 7) is 2.48. The first kappa shape index (κ1) is 17.2. The number of benzene rings is 2. The summed E-state index contributed by atoms with van der Waals surface area (Å²) in [5.74, 6) is 1.07. The molecular formula is C16H16BrNO5. The van der Waals surface area contributed by atoms with Gasteiger partial charge in [0, 0.05) is 12.1 Å². The van der Waals surface area contributed by atoms with E-state index < -0.39 is 4.92 Å². The van der Waals surface area contributed by atoms with E-state index in [1.54, 1.807) is 24.3 Å². The lowest BCUT2D eigenvalue weighted by Crippen LogP contribution is -2.02. The Morgan fingerprint density at radius 3 is 2.43 bits per heavy atom. The normalized spacial score (nSPS) is 10.4.